The summed E-state index contributed by atoms with van der Waals surface area (Å²) in [5.74, 6) is 0. The first kappa shape index (κ1) is 13.9. The van der Waals surface area contributed by atoms with Gasteiger partial charge in [0.15, 0.2) is 0 Å². The number of fused-ring (bicyclic) bond motifs is 2. The van der Waals surface area contributed by atoms with Crippen LogP contribution < -0.4 is 5.73 Å². The van der Waals surface area contributed by atoms with Crippen LogP contribution in [-0.2, 0) is 0 Å². The van der Waals surface area contributed by atoms with Crippen LogP contribution in [0.4, 0.5) is 13.2 Å². The van der Waals surface area contributed by atoms with Gasteiger partial charge < -0.3 is 5.73 Å². The van der Waals surface area contributed by atoms with Crippen molar-refractivity contribution >= 4 is 21.5 Å². The summed E-state index contributed by atoms with van der Waals surface area (Å²) in [7, 11) is 0. The summed E-state index contributed by atoms with van der Waals surface area (Å²) in [4.78, 5) is 0. The number of aryl methyl sites for hydroxylation is 1. The van der Waals surface area contributed by atoms with Gasteiger partial charge in [-0.15, -0.1) is 0 Å². The standard InChI is InChI=1S/C17H14F3N/c1-10-11-6-2-4-8-13(11)15(16(21)17(18,19)20)14-9-5-3-7-12(10)14/h2-9,16H,21H2,1H3/t16-/m1/s1. The van der Waals surface area contributed by atoms with E-state index in [1.807, 2.05) is 31.2 Å². The van der Waals surface area contributed by atoms with Gasteiger partial charge in [0.25, 0.3) is 0 Å². The van der Waals surface area contributed by atoms with Crippen molar-refractivity contribution in [3.8, 4) is 0 Å². The minimum absolute atomic E-state index is 0.152. The Bertz CT molecular complexity index is 764. The van der Waals surface area contributed by atoms with Gasteiger partial charge in [0, 0.05) is 0 Å². The Morgan fingerprint density at radius 2 is 1.19 bits per heavy atom. The second-order valence-corrected chi connectivity index (χ2v) is 5.15. The zero-order valence-corrected chi connectivity index (χ0v) is 11.4. The average molecular weight is 289 g/mol. The molecule has 0 saturated heterocycles. The molecule has 0 fully saturated rings. The Labute approximate surface area is 120 Å². The summed E-state index contributed by atoms with van der Waals surface area (Å²) >= 11 is 0. The Hall–Kier alpha value is -2.07. The van der Waals surface area contributed by atoms with Crippen LogP contribution in [0.15, 0.2) is 48.5 Å². The number of hydrogen-bond donors (Lipinski definition) is 1. The summed E-state index contributed by atoms with van der Waals surface area (Å²) < 4.78 is 39.5. The summed E-state index contributed by atoms with van der Waals surface area (Å²) in [6.07, 6.45) is -4.47. The minimum Gasteiger partial charge on any atom is -0.316 e. The lowest BCUT2D eigenvalue weighted by molar-refractivity contribution is -0.148. The van der Waals surface area contributed by atoms with E-state index < -0.39 is 12.2 Å². The van der Waals surface area contributed by atoms with Crippen molar-refractivity contribution in [2.75, 3.05) is 0 Å². The van der Waals surface area contributed by atoms with Crippen LogP contribution in [0.1, 0.15) is 17.2 Å². The number of alkyl halides is 3. The van der Waals surface area contributed by atoms with Crippen LogP contribution in [0.2, 0.25) is 0 Å². The predicted octanol–water partition coefficient (Wildman–Crippen LogP) is 4.86. The smallest absolute Gasteiger partial charge is 0.316 e. The van der Waals surface area contributed by atoms with Crippen LogP contribution in [0.3, 0.4) is 0 Å². The molecule has 0 saturated carbocycles. The Morgan fingerprint density at radius 3 is 1.57 bits per heavy atom. The molecule has 0 unspecified atom stereocenters. The van der Waals surface area contributed by atoms with Gasteiger partial charge >= 0.3 is 6.18 Å². The van der Waals surface area contributed by atoms with E-state index in [1.54, 1.807) is 24.3 Å². The van der Waals surface area contributed by atoms with Gasteiger partial charge in [0.1, 0.15) is 6.04 Å². The van der Waals surface area contributed by atoms with Crippen molar-refractivity contribution in [3.63, 3.8) is 0 Å². The van der Waals surface area contributed by atoms with Crippen LogP contribution in [0, 0.1) is 6.92 Å². The molecule has 3 aromatic rings. The van der Waals surface area contributed by atoms with Gasteiger partial charge in [-0.3, -0.25) is 0 Å². The lowest BCUT2D eigenvalue weighted by Gasteiger charge is -2.21. The topological polar surface area (TPSA) is 26.0 Å². The summed E-state index contributed by atoms with van der Waals surface area (Å²) in [5.41, 5.74) is 6.65. The van der Waals surface area contributed by atoms with Gasteiger partial charge in [-0.25, -0.2) is 0 Å². The molecule has 108 valence electrons. The molecule has 0 spiro atoms. The molecule has 21 heavy (non-hydrogen) atoms. The minimum atomic E-state index is -4.47. The molecule has 0 heterocycles. The Kier molecular flexibility index (Phi) is 3.14. The van der Waals surface area contributed by atoms with Gasteiger partial charge in [-0.05, 0) is 39.6 Å². The fourth-order valence-corrected chi connectivity index (χ4v) is 2.88. The van der Waals surface area contributed by atoms with E-state index in [-0.39, 0.29) is 5.56 Å². The molecule has 3 aromatic carbocycles. The third-order valence-electron chi connectivity index (χ3n) is 3.91. The molecule has 4 heteroatoms. The van der Waals surface area contributed by atoms with Crippen molar-refractivity contribution in [1.82, 2.24) is 0 Å². The van der Waals surface area contributed by atoms with Crippen LogP contribution in [0.25, 0.3) is 21.5 Å². The van der Waals surface area contributed by atoms with Crippen molar-refractivity contribution in [1.29, 1.82) is 0 Å². The molecule has 2 N–H and O–H groups in total. The zero-order chi connectivity index (χ0) is 15.2. The van der Waals surface area contributed by atoms with E-state index in [4.69, 9.17) is 5.73 Å². The Balaban J connectivity index is 2.52. The highest BCUT2D eigenvalue weighted by molar-refractivity contribution is 6.06. The molecule has 1 nitrogen and oxygen atoms in total. The fourth-order valence-electron chi connectivity index (χ4n) is 2.88. The monoisotopic (exact) mass is 289 g/mol. The third-order valence-corrected chi connectivity index (χ3v) is 3.91. The summed E-state index contributed by atoms with van der Waals surface area (Å²) in [5, 5.41) is 2.76. The molecular formula is C17H14F3N. The number of benzene rings is 3. The zero-order valence-electron chi connectivity index (χ0n) is 11.4. The molecule has 0 amide bonds. The van der Waals surface area contributed by atoms with E-state index in [0.717, 1.165) is 16.3 Å². The van der Waals surface area contributed by atoms with E-state index >= 15 is 0 Å². The van der Waals surface area contributed by atoms with Crippen molar-refractivity contribution < 1.29 is 13.2 Å². The quantitative estimate of drug-likeness (QED) is 0.636. The number of nitrogens with two attached hydrogens (primary N) is 1. The van der Waals surface area contributed by atoms with Crippen molar-refractivity contribution in [2.24, 2.45) is 5.73 Å². The first-order valence-corrected chi connectivity index (χ1v) is 6.63. The first-order valence-electron chi connectivity index (χ1n) is 6.63. The molecule has 0 aliphatic rings. The number of rotatable bonds is 1. The molecule has 0 aromatic heterocycles. The molecule has 1 atom stereocenters. The van der Waals surface area contributed by atoms with Crippen molar-refractivity contribution in [3.05, 3.63) is 59.7 Å². The molecule has 0 radical (unpaired) electrons. The Morgan fingerprint density at radius 1 is 0.810 bits per heavy atom. The molecular weight excluding hydrogens is 275 g/mol. The van der Waals surface area contributed by atoms with Crippen LogP contribution >= 0.6 is 0 Å². The molecule has 0 bridgehead atoms. The third kappa shape index (κ3) is 2.16. The van der Waals surface area contributed by atoms with E-state index in [0.29, 0.717) is 10.8 Å². The highest BCUT2D eigenvalue weighted by Gasteiger charge is 2.39. The summed E-state index contributed by atoms with van der Waals surface area (Å²) in [6, 6.07) is 12.2. The summed E-state index contributed by atoms with van der Waals surface area (Å²) in [6.45, 7) is 1.92. The maximum Gasteiger partial charge on any atom is 0.407 e. The number of halogens is 3. The fraction of sp³-hybridized carbons (Fsp3) is 0.176. The predicted molar refractivity (Wildman–Crippen MR) is 79.2 cm³/mol. The van der Waals surface area contributed by atoms with Gasteiger partial charge in [-0.2, -0.15) is 13.2 Å². The molecule has 3 rings (SSSR count). The highest BCUT2D eigenvalue weighted by atomic mass is 19.4. The van der Waals surface area contributed by atoms with Crippen LogP contribution in [-0.4, -0.2) is 6.18 Å². The van der Waals surface area contributed by atoms with Gasteiger partial charge in [0.2, 0.25) is 0 Å². The highest BCUT2D eigenvalue weighted by Crippen LogP contribution is 2.40. The second kappa shape index (κ2) is 4.74. The van der Waals surface area contributed by atoms with Gasteiger partial charge in [0.05, 0.1) is 0 Å². The van der Waals surface area contributed by atoms with Crippen LogP contribution in [0.5, 0.6) is 0 Å². The van der Waals surface area contributed by atoms with E-state index in [2.05, 4.69) is 0 Å². The SMILES string of the molecule is Cc1c2ccccc2c([C@@H](N)C(F)(F)F)c2ccccc12. The van der Waals surface area contributed by atoms with Gasteiger partial charge in [-0.1, -0.05) is 48.5 Å². The van der Waals surface area contributed by atoms with E-state index in [9.17, 15) is 13.2 Å². The normalized spacial score (nSPS) is 13.8. The maximum absolute atomic E-state index is 13.2. The molecule has 0 aliphatic heterocycles. The average Bonchev–Trinajstić information content (AvgIpc) is 2.46. The first-order chi connectivity index (χ1) is 9.91. The second-order valence-electron chi connectivity index (χ2n) is 5.15. The lowest BCUT2D eigenvalue weighted by atomic mass is 9.89. The van der Waals surface area contributed by atoms with E-state index in [1.165, 1.54) is 0 Å². The maximum atomic E-state index is 13.2. The van der Waals surface area contributed by atoms with Crippen molar-refractivity contribution in [2.45, 2.75) is 19.1 Å². The molecule has 0 aliphatic carbocycles. The lowest BCUT2D eigenvalue weighted by Crippen LogP contribution is -2.29. The largest absolute Gasteiger partial charge is 0.407 e. The number of hydrogen-bond acceptors (Lipinski definition) is 1.